The second kappa shape index (κ2) is 7.32. The van der Waals surface area contributed by atoms with Crippen LogP contribution in [-0.2, 0) is 13.6 Å². The minimum atomic E-state index is -2.96. The molecule has 0 fully saturated rings. The van der Waals surface area contributed by atoms with Crippen molar-refractivity contribution in [3.05, 3.63) is 47.5 Å². The first-order chi connectivity index (χ1) is 11.9. The van der Waals surface area contributed by atoms with Crippen molar-refractivity contribution in [2.75, 3.05) is 0 Å². The fourth-order valence-corrected chi connectivity index (χ4v) is 8.68. The maximum absolute atomic E-state index is 12.7. The number of benzene rings is 1. The summed E-state index contributed by atoms with van der Waals surface area (Å²) in [7, 11) is -2.96. The number of rotatable bonds is 1. The highest BCUT2D eigenvalue weighted by Crippen LogP contribution is 2.55. The van der Waals surface area contributed by atoms with E-state index in [0.29, 0.717) is 6.42 Å². The molecule has 0 N–H and O–H groups in total. The van der Waals surface area contributed by atoms with E-state index in [4.69, 9.17) is 8.85 Å². The molecule has 0 radical (unpaired) electrons. The Labute approximate surface area is 160 Å². The van der Waals surface area contributed by atoms with Crippen LogP contribution in [0.15, 0.2) is 42.0 Å². The van der Waals surface area contributed by atoms with E-state index in [9.17, 15) is 4.79 Å². The largest absolute Gasteiger partial charge is 0.493 e. The molecule has 1 heterocycles. The minimum absolute atomic E-state index is 0.136. The molecular formula is C22H34O3Si. The van der Waals surface area contributed by atoms with E-state index in [1.54, 1.807) is 0 Å². The molecule has 0 spiro atoms. The highest BCUT2D eigenvalue weighted by atomic mass is 28.4. The van der Waals surface area contributed by atoms with Gasteiger partial charge in [-0.2, -0.15) is 0 Å². The maximum Gasteiger partial charge on any atom is 0.412 e. The first-order valence-electron chi connectivity index (χ1n) is 9.50. The summed E-state index contributed by atoms with van der Waals surface area (Å²) in [5.41, 5.74) is 2.31. The summed E-state index contributed by atoms with van der Waals surface area (Å²) >= 11 is 0. The number of hydrogen-bond donors (Lipinski definition) is 0. The third-order valence-electron chi connectivity index (χ3n) is 5.42. The number of carbonyl (C=O) groups is 1. The van der Waals surface area contributed by atoms with Crippen molar-refractivity contribution in [1.82, 2.24) is 0 Å². The quantitative estimate of drug-likeness (QED) is 0.426. The van der Waals surface area contributed by atoms with E-state index in [2.05, 4.69) is 67.5 Å². The Bertz CT molecular complexity index is 651. The van der Waals surface area contributed by atoms with Crippen molar-refractivity contribution in [2.24, 2.45) is 5.92 Å². The molecule has 0 saturated heterocycles. The summed E-state index contributed by atoms with van der Waals surface area (Å²) in [6.07, 6.45) is 2.17. The average molecular weight is 375 g/mol. The lowest BCUT2D eigenvalue weighted by atomic mass is 9.91. The Kier molecular flexibility index (Phi) is 5.89. The van der Waals surface area contributed by atoms with Gasteiger partial charge in [0.15, 0.2) is 0 Å². The molecule has 3 nitrogen and oxygen atoms in total. The maximum atomic E-state index is 12.7. The molecule has 1 aliphatic rings. The van der Waals surface area contributed by atoms with Gasteiger partial charge in [0.05, 0.1) is 12.5 Å². The van der Waals surface area contributed by atoms with Crippen LogP contribution in [0.3, 0.4) is 0 Å². The predicted octanol–water partition coefficient (Wildman–Crippen LogP) is 6.32. The molecule has 2 atom stereocenters. The van der Waals surface area contributed by atoms with Gasteiger partial charge in [0, 0.05) is 16.0 Å². The van der Waals surface area contributed by atoms with E-state index in [0.717, 1.165) is 5.56 Å². The van der Waals surface area contributed by atoms with Crippen LogP contribution in [0.2, 0.25) is 10.1 Å². The normalized spacial score (nSPS) is 26.8. The van der Waals surface area contributed by atoms with Gasteiger partial charge in [0.25, 0.3) is 5.97 Å². The van der Waals surface area contributed by atoms with Crippen LogP contribution in [0.1, 0.15) is 73.5 Å². The summed E-state index contributed by atoms with van der Waals surface area (Å²) in [5.74, 6) is -0.00902. The van der Waals surface area contributed by atoms with Gasteiger partial charge in [-0.1, -0.05) is 90.4 Å². The van der Waals surface area contributed by atoms with E-state index >= 15 is 0 Å². The standard InChI is InChI=1S/C22H34O3Si/c1-16-14-15-19(23)24-26(21(3,4)5,22(6,7)8)25-20(17(16)2)18-12-10-9-11-13-18/h9-14,17,20H,15H2,1-8H3/b16-14+/t17-,20+/m1/s1. The summed E-state index contributed by atoms with van der Waals surface area (Å²) in [4.78, 5) is 12.7. The lowest BCUT2D eigenvalue weighted by Gasteiger charge is -2.50. The van der Waals surface area contributed by atoms with Gasteiger partial charge in [0.1, 0.15) is 0 Å². The van der Waals surface area contributed by atoms with Crippen LogP contribution < -0.4 is 0 Å². The van der Waals surface area contributed by atoms with E-state index in [-0.39, 0.29) is 28.1 Å². The Balaban J connectivity index is 2.67. The monoisotopic (exact) mass is 374 g/mol. The Morgan fingerprint density at radius 2 is 1.54 bits per heavy atom. The molecule has 144 valence electrons. The van der Waals surface area contributed by atoms with Gasteiger partial charge < -0.3 is 8.85 Å². The Hall–Kier alpha value is -1.39. The third kappa shape index (κ3) is 3.96. The van der Waals surface area contributed by atoms with Crippen molar-refractivity contribution in [2.45, 2.75) is 78.0 Å². The molecular weight excluding hydrogens is 340 g/mol. The topological polar surface area (TPSA) is 35.5 Å². The smallest absolute Gasteiger partial charge is 0.412 e. The van der Waals surface area contributed by atoms with Gasteiger partial charge >= 0.3 is 8.56 Å². The van der Waals surface area contributed by atoms with Crippen LogP contribution in [0, 0.1) is 5.92 Å². The molecule has 2 rings (SSSR count). The zero-order valence-electron chi connectivity index (χ0n) is 17.6. The molecule has 4 heteroatoms. The molecule has 26 heavy (non-hydrogen) atoms. The highest BCUT2D eigenvalue weighted by Gasteiger charge is 2.62. The SMILES string of the molecule is C/C1=C\CC(=O)O[Si](C(C)(C)C)(C(C)(C)C)O[C@H](c2ccccc2)[C@@H]1C. The van der Waals surface area contributed by atoms with Gasteiger partial charge in [-0.15, -0.1) is 0 Å². The van der Waals surface area contributed by atoms with Crippen molar-refractivity contribution in [1.29, 1.82) is 0 Å². The molecule has 0 aliphatic carbocycles. The van der Waals surface area contributed by atoms with Crippen molar-refractivity contribution in [3.63, 3.8) is 0 Å². The van der Waals surface area contributed by atoms with Crippen LogP contribution >= 0.6 is 0 Å². The number of hydrogen-bond acceptors (Lipinski definition) is 3. The molecule has 1 aromatic carbocycles. The first kappa shape index (κ1) is 20.9. The lowest BCUT2D eigenvalue weighted by Crippen LogP contribution is -2.59. The third-order valence-corrected chi connectivity index (χ3v) is 10.5. The van der Waals surface area contributed by atoms with Crippen molar-refractivity contribution < 1.29 is 13.6 Å². The summed E-state index contributed by atoms with van der Waals surface area (Å²) < 4.78 is 13.3. The van der Waals surface area contributed by atoms with Gasteiger partial charge in [0.2, 0.25) is 0 Å². The molecule has 0 unspecified atom stereocenters. The van der Waals surface area contributed by atoms with E-state index in [1.807, 2.05) is 24.3 Å². The molecule has 1 aliphatic heterocycles. The second-order valence-electron chi connectivity index (χ2n) is 9.48. The lowest BCUT2D eigenvalue weighted by molar-refractivity contribution is -0.137. The zero-order valence-corrected chi connectivity index (χ0v) is 18.6. The van der Waals surface area contributed by atoms with Gasteiger partial charge in [-0.3, -0.25) is 4.79 Å². The molecule has 0 saturated carbocycles. The molecule has 0 aromatic heterocycles. The van der Waals surface area contributed by atoms with Crippen molar-refractivity contribution in [3.8, 4) is 0 Å². The summed E-state index contributed by atoms with van der Waals surface area (Å²) in [5, 5.41) is -0.516. The van der Waals surface area contributed by atoms with Crippen LogP contribution in [0.4, 0.5) is 0 Å². The zero-order chi connectivity index (χ0) is 19.8. The van der Waals surface area contributed by atoms with Gasteiger partial charge in [-0.25, -0.2) is 0 Å². The molecule has 0 bridgehead atoms. The highest BCUT2D eigenvalue weighted by molar-refractivity contribution is 6.74. The molecule has 0 amide bonds. The average Bonchev–Trinajstić information content (AvgIpc) is 2.58. The van der Waals surface area contributed by atoms with Crippen LogP contribution in [0.25, 0.3) is 0 Å². The fraction of sp³-hybridized carbons (Fsp3) is 0.591. The molecule has 1 aromatic rings. The van der Waals surface area contributed by atoms with Gasteiger partial charge in [-0.05, 0) is 12.5 Å². The minimum Gasteiger partial charge on any atom is -0.493 e. The second-order valence-corrected chi connectivity index (χ2v) is 14.2. The van der Waals surface area contributed by atoms with Crippen LogP contribution in [0.5, 0.6) is 0 Å². The summed E-state index contributed by atoms with van der Waals surface area (Å²) in [6.45, 7) is 17.1. The number of carbonyl (C=O) groups excluding carboxylic acids is 1. The Morgan fingerprint density at radius 1 is 1.00 bits per heavy atom. The fourth-order valence-electron chi connectivity index (χ4n) is 3.96. The summed E-state index contributed by atoms with van der Waals surface area (Å²) in [6, 6.07) is 10.3. The van der Waals surface area contributed by atoms with Crippen LogP contribution in [-0.4, -0.2) is 14.5 Å². The van der Waals surface area contributed by atoms with E-state index in [1.165, 1.54) is 5.57 Å². The van der Waals surface area contributed by atoms with E-state index < -0.39 is 8.56 Å². The Morgan fingerprint density at radius 3 is 2.04 bits per heavy atom. The predicted molar refractivity (Wildman–Crippen MR) is 109 cm³/mol. The van der Waals surface area contributed by atoms with Crippen molar-refractivity contribution >= 4 is 14.5 Å². The first-order valence-corrected chi connectivity index (χ1v) is 11.3.